The number of hydrazine groups is 1. The van der Waals surface area contributed by atoms with Crippen LogP contribution in [-0.2, 0) is 0 Å². The molecule has 3 N–H and O–H groups in total. The number of halogens is 3. The van der Waals surface area contributed by atoms with Crippen LogP contribution < -0.4 is 11.3 Å². The molecule has 0 spiro atoms. The summed E-state index contributed by atoms with van der Waals surface area (Å²) in [6.45, 7) is 1.73. The van der Waals surface area contributed by atoms with Crippen molar-refractivity contribution in [3.05, 3.63) is 34.5 Å². The minimum atomic E-state index is -2.65. The Kier molecular flexibility index (Phi) is 3.13. The second-order valence-corrected chi connectivity index (χ2v) is 4.02. The number of nitrogen functional groups attached to an aromatic ring is 1. The van der Waals surface area contributed by atoms with Gasteiger partial charge in [-0.2, -0.15) is 0 Å². The maximum absolute atomic E-state index is 12.7. The van der Waals surface area contributed by atoms with Gasteiger partial charge in [0.15, 0.2) is 0 Å². The highest BCUT2D eigenvalue weighted by Crippen LogP contribution is 2.31. The molecule has 0 bridgehead atoms. The molecule has 1 aromatic heterocycles. The Morgan fingerprint density at radius 2 is 2.12 bits per heavy atom. The molecule has 3 nitrogen and oxygen atoms in total. The molecule has 0 fully saturated rings. The zero-order valence-corrected chi connectivity index (χ0v) is 9.72. The fourth-order valence-electron chi connectivity index (χ4n) is 1.66. The van der Waals surface area contributed by atoms with Crippen LogP contribution in [0.2, 0.25) is 5.02 Å². The van der Waals surface area contributed by atoms with Gasteiger partial charge < -0.3 is 5.43 Å². The summed E-state index contributed by atoms with van der Waals surface area (Å²) in [5, 5.41) is 1.15. The second-order valence-electron chi connectivity index (χ2n) is 3.61. The number of nitrogens with one attached hydrogen (secondary N) is 1. The maximum Gasteiger partial charge on any atom is 0.280 e. The lowest BCUT2D eigenvalue weighted by atomic mass is 10.1. The molecule has 0 radical (unpaired) electrons. The molecule has 1 heterocycles. The Bertz CT molecular complexity index is 572. The molecule has 2 aromatic rings. The van der Waals surface area contributed by atoms with E-state index in [1.165, 1.54) is 6.07 Å². The largest absolute Gasteiger partial charge is 0.323 e. The van der Waals surface area contributed by atoms with Crippen LogP contribution in [0.4, 0.5) is 14.5 Å². The smallest absolute Gasteiger partial charge is 0.280 e. The van der Waals surface area contributed by atoms with Crippen molar-refractivity contribution in [1.29, 1.82) is 0 Å². The Hall–Kier alpha value is -1.46. The minimum absolute atomic E-state index is 0.323. The quantitative estimate of drug-likeness (QED) is 0.640. The van der Waals surface area contributed by atoms with E-state index in [1.54, 1.807) is 19.1 Å². The van der Waals surface area contributed by atoms with Gasteiger partial charge in [-0.25, -0.2) is 13.8 Å². The average molecular weight is 258 g/mol. The molecule has 90 valence electrons. The van der Waals surface area contributed by atoms with Gasteiger partial charge in [0.1, 0.15) is 5.69 Å². The van der Waals surface area contributed by atoms with Gasteiger partial charge in [-0.1, -0.05) is 11.6 Å². The second kappa shape index (κ2) is 4.43. The summed E-state index contributed by atoms with van der Waals surface area (Å²) in [6.07, 6.45) is -2.65. The predicted molar refractivity (Wildman–Crippen MR) is 64.3 cm³/mol. The summed E-state index contributed by atoms with van der Waals surface area (Å²) in [7, 11) is 0. The first-order valence-corrected chi connectivity index (χ1v) is 5.27. The zero-order valence-electron chi connectivity index (χ0n) is 8.97. The van der Waals surface area contributed by atoms with Crippen LogP contribution >= 0.6 is 11.6 Å². The average Bonchev–Trinajstić information content (AvgIpc) is 2.32. The van der Waals surface area contributed by atoms with Crippen molar-refractivity contribution < 1.29 is 8.78 Å². The standard InChI is InChI=1S/C11H10ClF2N3/c1-5-7(12)3-2-6-8(17-15)4-9(11(13)14)16-10(5)6/h2-4,11H,15H2,1H3,(H,16,17). The fraction of sp³-hybridized carbons (Fsp3) is 0.182. The maximum atomic E-state index is 12.7. The molecule has 0 saturated carbocycles. The number of nitrogens with two attached hydrogens (primary N) is 1. The third-order valence-corrected chi connectivity index (χ3v) is 2.98. The van der Waals surface area contributed by atoms with E-state index in [0.29, 0.717) is 27.2 Å². The van der Waals surface area contributed by atoms with Crippen molar-refractivity contribution in [3.63, 3.8) is 0 Å². The number of anilines is 1. The number of benzene rings is 1. The van der Waals surface area contributed by atoms with Gasteiger partial charge in [-0.15, -0.1) is 0 Å². The third-order valence-electron chi connectivity index (χ3n) is 2.57. The van der Waals surface area contributed by atoms with E-state index >= 15 is 0 Å². The van der Waals surface area contributed by atoms with Crippen LogP contribution in [0.3, 0.4) is 0 Å². The Morgan fingerprint density at radius 1 is 1.41 bits per heavy atom. The number of nitrogens with zero attached hydrogens (tertiary/aromatic N) is 1. The third kappa shape index (κ3) is 2.03. The van der Waals surface area contributed by atoms with Crippen molar-refractivity contribution in [1.82, 2.24) is 4.98 Å². The molecular weight excluding hydrogens is 248 g/mol. The minimum Gasteiger partial charge on any atom is -0.323 e. The first-order chi connectivity index (χ1) is 8.04. The number of aryl methyl sites for hydroxylation is 1. The fourth-order valence-corrected chi connectivity index (χ4v) is 1.81. The molecular formula is C11H10ClF2N3. The van der Waals surface area contributed by atoms with Crippen LogP contribution in [0.15, 0.2) is 18.2 Å². The highest BCUT2D eigenvalue weighted by atomic mass is 35.5. The number of pyridine rings is 1. The van der Waals surface area contributed by atoms with E-state index in [-0.39, 0.29) is 5.69 Å². The lowest BCUT2D eigenvalue weighted by Gasteiger charge is -2.11. The van der Waals surface area contributed by atoms with Crippen molar-refractivity contribution in [2.75, 3.05) is 5.43 Å². The van der Waals surface area contributed by atoms with E-state index in [1.807, 2.05) is 0 Å². The molecule has 0 amide bonds. The van der Waals surface area contributed by atoms with Gasteiger partial charge in [0.2, 0.25) is 0 Å². The van der Waals surface area contributed by atoms with E-state index in [4.69, 9.17) is 17.4 Å². The van der Waals surface area contributed by atoms with Crippen LogP contribution in [0.5, 0.6) is 0 Å². The highest BCUT2D eigenvalue weighted by Gasteiger charge is 2.14. The number of rotatable bonds is 2. The number of aromatic nitrogens is 1. The summed E-state index contributed by atoms with van der Waals surface area (Å²) in [6, 6.07) is 4.62. The molecule has 0 saturated heterocycles. The zero-order chi connectivity index (χ0) is 12.6. The topological polar surface area (TPSA) is 50.9 Å². The van der Waals surface area contributed by atoms with Gasteiger partial charge in [0.05, 0.1) is 11.2 Å². The molecule has 0 aliphatic heterocycles. The molecule has 1 aromatic carbocycles. The summed E-state index contributed by atoms with van der Waals surface area (Å²) in [5.74, 6) is 5.32. The molecule has 0 aliphatic rings. The Balaban J connectivity index is 2.83. The van der Waals surface area contributed by atoms with Crippen LogP contribution in [-0.4, -0.2) is 4.98 Å². The van der Waals surface area contributed by atoms with Crippen molar-refractivity contribution in [3.8, 4) is 0 Å². The summed E-state index contributed by atoms with van der Waals surface area (Å²) >= 11 is 5.94. The van der Waals surface area contributed by atoms with E-state index in [9.17, 15) is 8.78 Å². The summed E-state index contributed by atoms with van der Waals surface area (Å²) in [4.78, 5) is 3.91. The number of hydrogen-bond donors (Lipinski definition) is 2. The van der Waals surface area contributed by atoms with Gasteiger partial charge in [0, 0.05) is 10.4 Å². The van der Waals surface area contributed by atoms with Crippen molar-refractivity contribution >= 4 is 28.2 Å². The molecule has 2 rings (SSSR count). The SMILES string of the molecule is Cc1c(Cl)ccc2c(NN)cc(C(F)F)nc12. The van der Waals surface area contributed by atoms with Gasteiger partial charge in [0.25, 0.3) is 6.43 Å². The van der Waals surface area contributed by atoms with E-state index < -0.39 is 6.43 Å². The number of hydrogen-bond acceptors (Lipinski definition) is 3. The Labute approximate surface area is 102 Å². The predicted octanol–water partition coefficient (Wildman–Crippen LogP) is 3.42. The van der Waals surface area contributed by atoms with Gasteiger partial charge in [-0.05, 0) is 30.7 Å². The summed E-state index contributed by atoms with van der Waals surface area (Å²) < 4.78 is 25.4. The van der Waals surface area contributed by atoms with E-state index in [2.05, 4.69) is 10.4 Å². The van der Waals surface area contributed by atoms with Gasteiger partial charge in [-0.3, -0.25) is 5.84 Å². The highest BCUT2D eigenvalue weighted by molar-refractivity contribution is 6.32. The monoisotopic (exact) mass is 257 g/mol. The normalized spacial score (nSPS) is 11.2. The Morgan fingerprint density at radius 3 is 2.71 bits per heavy atom. The molecule has 17 heavy (non-hydrogen) atoms. The van der Waals surface area contributed by atoms with Crippen molar-refractivity contribution in [2.24, 2.45) is 5.84 Å². The van der Waals surface area contributed by atoms with Crippen molar-refractivity contribution in [2.45, 2.75) is 13.3 Å². The number of fused-ring (bicyclic) bond motifs is 1. The van der Waals surface area contributed by atoms with E-state index in [0.717, 1.165) is 0 Å². The molecule has 0 aliphatic carbocycles. The van der Waals surface area contributed by atoms with Gasteiger partial charge >= 0.3 is 0 Å². The first kappa shape index (κ1) is 12.0. The summed E-state index contributed by atoms with van der Waals surface area (Å²) in [5.41, 5.74) is 3.57. The lowest BCUT2D eigenvalue weighted by Crippen LogP contribution is -2.09. The first-order valence-electron chi connectivity index (χ1n) is 4.89. The molecule has 0 unspecified atom stereocenters. The van der Waals surface area contributed by atoms with Crippen LogP contribution in [0.25, 0.3) is 10.9 Å². The number of alkyl halides is 2. The van der Waals surface area contributed by atoms with Crippen LogP contribution in [0.1, 0.15) is 17.7 Å². The molecule has 6 heteroatoms. The molecule has 0 atom stereocenters. The lowest BCUT2D eigenvalue weighted by molar-refractivity contribution is 0.146. The van der Waals surface area contributed by atoms with Crippen LogP contribution in [0, 0.1) is 6.92 Å².